The lowest BCUT2D eigenvalue weighted by Crippen LogP contribution is -2.18. The van der Waals surface area contributed by atoms with Crippen LogP contribution in [0.4, 0.5) is 0 Å². The summed E-state index contributed by atoms with van der Waals surface area (Å²) in [6.45, 7) is 6.59. The third kappa shape index (κ3) is 3.53. The van der Waals surface area contributed by atoms with Crippen molar-refractivity contribution >= 4 is 0 Å². The van der Waals surface area contributed by atoms with Crippen LogP contribution in [0.5, 0.6) is 0 Å². The van der Waals surface area contributed by atoms with E-state index in [9.17, 15) is 5.11 Å². The number of aryl methyl sites for hydroxylation is 1. The Morgan fingerprint density at radius 1 is 1.39 bits per heavy atom. The predicted octanol–water partition coefficient (Wildman–Crippen LogP) is 0.900. The van der Waals surface area contributed by atoms with Crippen LogP contribution in [0.25, 0.3) is 0 Å². The maximum Gasteiger partial charge on any atom is 0.133 e. The number of hydrogen-bond acceptors (Lipinski definition) is 4. The van der Waals surface area contributed by atoms with Crippen LogP contribution in [-0.4, -0.2) is 39.1 Å². The quantitative estimate of drug-likeness (QED) is 0.836. The van der Waals surface area contributed by atoms with Gasteiger partial charge in [-0.2, -0.15) is 0 Å². The fourth-order valence-electron chi connectivity index (χ4n) is 2.63. The fraction of sp³-hybridized carbons (Fsp3) is 0.846. The maximum absolute atomic E-state index is 9.54. The second-order valence-electron chi connectivity index (χ2n) is 5.37. The second-order valence-corrected chi connectivity index (χ2v) is 5.37. The standard InChI is InChI=1S/C13H24N4O/c1-10(18)9-17-11(2)15-16-13(17)8-12-4-3-6-14-7-5-12/h10,12,14,18H,3-9H2,1-2H3. The van der Waals surface area contributed by atoms with Crippen molar-refractivity contribution in [3.8, 4) is 0 Å². The zero-order valence-electron chi connectivity index (χ0n) is 11.4. The van der Waals surface area contributed by atoms with Gasteiger partial charge in [0.05, 0.1) is 12.6 Å². The Hall–Kier alpha value is -0.940. The van der Waals surface area contributed by atoms with E-state index in [0.29, 0.717) is 12.5 Å². The summed E-state index contributed by atoms with van der Waals surface area (Å²) >= 11 is 0. The molecule has 5 heteroatoms. The maximum atomic E-state index is 9.54. The first kappa shape index (κ1) is 13.5. The molecular formula is C13H24N4O. The lowest BCUT2D eigenvalue weighted by Gasteiger charge is -2.15. The van der Waals surface area contributed by atoms with E-state index < -0.39 is 0 Å². The Labute approximate surface area is 109 Å². The molecule has 2 heterocycles. The largest absolute Gasteiger partial charge is 0.392 e. The van der Waals surface area contributed by atoms with E-state index in [1.165, 1.54) is 19.3 Å². The minimum absolute atomic E-state index is 0.353. The number of aromatic nitrogens is 3. The first-order chi connectivity index (χ1) is 8.66. The van der Waals surface area contributed by atoms with E-state index in [1.807, 2.05) is 6.92 Å². The topological polar surface area (TPSA) is 63.0 Å². The molecule has 1 aromatic rings. The highest BCUT2D eigenvalue weighted by Crippen LogP contribution is 2.19. The first-order valence-electron chi connectivity index (χ1n) is 6.94. The van der Waals surface area contributed by atoms with E-state index in [0.717, 1.165) is 31.2 Å². The molecule has 5 nitrogen and oxygen atoms in total. The van der Waals surface area contributed by atoms with Crippen molar-refractivity contribution in [1.82, 2.24) is 20.1 Å². The summed E-state index contributed by atoms with van der Waals surface area (Å²) in [6.07, 6.45) is 4.34. The van der Waals surface area contributed by atoms with Gasteiger partial charge in [-0.05, 0) is 52.1 Å². The Bertz CT molecular complexity index is 367. The summed E-state index contributed by atoms with van der Waals surface area (Å²) in [5, 5.41) is 21.4. The minimum Gasteiger partial charge on any atom is -0.392 e. The number of aliphatic hydroxyl groups excluding tert-OH is 1. The highest BCUT2D eigenvalue weighted by molar-refractivity contribution is 4.96. The van der Waals surface area contributed by atoms with Gasteiger partial charge in [0.1, 0.15) is 11.6 Å². The predicted molar refractivity (Wildman–Crippen MR) is 70.4 cm³/mol. The molecule has 0 bridgehead atoms. The Morgan fingerprint density at radius 3 is 3.00 bits per heavy atom. The molecule has 18 heavy (non-hydrogen) atoms. The molecule has 1 aliphatic heterocycles. The molecule has 1 aromatic heterocycles. The van der Waals surface area contributed by atoms with Crippen molar-refractivity contribution in [2.24, 2.45) is 5.92 Å². The van der Waals surface area contributed by atoms with Crippen molar-refractivity contribution in [3.63, 3.8) is 0 Å². The van der Waals surface area contributed by atoms with Crippen LogP contribution < -0.4 is 5.32 Å². The van der Waals surface area contributed by atoms with E-state index >= 15 is 0 Å². The summed E-state index contributed by atoms with van der Waals surface area (Å²) in [7, 11) is 0. The Balaban J connectivity index is 2.03. The van der Waals surface area contributed by atoms with Crippen molar-refractivity contribution in [1.29, 1.82) is 0 Å². The van der Waals surface area contributed by atoms with Gasteiger partial charge >= 0.3 is 0 Å². The first-order valence-corrected chi connectivity index (χ1v) is 6.94. The van der Waals surface area contributed by atoms with Gasteiger partial charge in [-0.25, -0.2) is 0 Å². The molecule has 0 radical (unpaired) electrons. The summed E-state index contributed by atoms with van der Waals surface area (Å²) in [4.78, 5) is 0. The third-order valence-corrected chi connectivity index (χ3v) is 3.63. The molecule has 0 aliphatic carbocycles. The van der Waals surface area contributed by atoms with Crippen LogP contribution in [0.1, 0.15) is 37.8 Å². The molecule has 1 aliphatic rings. The summed E-state index contributed by atoms with van der Waals surface area (Å²) < 4.78 is 2.06. The zero-order chi connectivity index (χ0) is 13.0. The van der Waals surface area contributed by atoms with Gasteiger partial charge in [-0.15, -0.1) is 10.2 Å². The lowest BCUT2D eigenvalue weighted by molar-refractivity contribution is 0.170. The number of rotatable bonds is 4. The second kappa shape index (κ2) is 6.29. The van der Waals surface area contributed by atoms with E-state index in [-0.39, 0.29) is 6.10 Å². The van der Waals surface area contributed by atoms with Crippen LogP contribution in [0.15, 0.2) is 0 Å². The normalized spacial score (nSPS) is 22.7. The van der Waals surface area contributed by atoms with Gasteiger partial charge in [-0.3, -0.25) is 0 Å². The number of hydrogen-bond donors (Lipinski definition) is 2. The Morgan fingerprint density at radius 2 is 2.22 bits per heavy atom. The molecule has 0 spiro atoms. The van der Waals surface area contributed by atoms with Gasteiger partial charge in [0.2, 0.25) is 0 Å². The highest BCUT2D eigenvalue weighted by Gasteiger charge is 2.17. The highest BCUT2D eigenvalue weighted by atomic mass is 16.3. The average molecular weight is 252 g/mol. The molecule has 2 rings (SSSR count). The smallest absolute Gasteiger partial charge is 0.133 e. The zero-order valence-corrected chi connectivity index (χ0v) is 11.4. The molecule has 2 N–H and O–H groups in total. The molecule has 0 saturated carbocycles. The average Bonchev–Trinajstić information content (AvgIpc) is 2.57. The monoisotopic (exact) mass is 252 g/mol. The van der Waals surface area contributed by atoms with Crippen LogP contribution >= 0.6 is 0 Å². The summed E-state index contributed by atoms with van der Waals surface area (Å²) in [5.41, 5.74) is 0. The molecule has 2 atom stereocenters. The molecule has 0 amide bonds. The molecule has 2 unspecified atom stereocenters. The van der Waals surface area contributed by atoms with Gasteiger partial charge in [0.15, 0.2) is 0 Å². The third-order valence-electron chi connectivity index (χ3n) is 3.63. The Kier molecular flexibility index (Phi) is 4.72. The van der Waals surface area contributed by atoms with Crippen molar-refractivity contribution in [3.05, 3.63) is 11.6 Å². The summed E-state index contributed by atoms with van der Waals surface area (Å²) in [5.74, 6) is 2.62. The summed E-state index contributed by atoms with van der Waals surface area (Å²) in [6, 6.07) is 0. The van der Waals surface area contributed by atoms with Gasteiger partial charge in [0.25, 0.3) is 0 Å². The fourth-order valence-corrected chi connectivity index (χ4v) is 2.63. The van der Waals surface area contributed by atoms with E-state index in [2.05, 4.69) is 20.1 Å². The minimum atomic E-state index is -0.353. The molecule has 0 aromatic carbocycles. The van der Waals surface area contributed by atoms with Gasteiger partial charge in [-0.1, -0.05) is 0 Å². The van der Waals surface area contributed by atoms with Gasteiger partial charge in [0, 0.05) is 6.42 Å². The number of nitrogens with one attached hydrogen (secondary N) is 1. The molecule has 102 valence electrons. The number of nitrogens with zero attached hydrogens (tertiary/aromatic N) is 3. The van der Waals surface area contributed by atoms with Crippen LogP contribution in [0.2, 0.25) is 0 Å². The lowest BCUT2D eigenvalue weighted by atomic mass is 9.96. The molecule has 1 fully saturated rings. The van der Waals surface area contributed by atoms with Crippen molar-refractivity contribution < 1.29 is 5.11 Å². The molecular weight excluding hydrogens is 228 g/mol. The van der Waals surface area contributed by atoms with Crippen molar-refractivity contribution in [2.45, 2.75) is 52.2 Å². The van der Waals surface area contributed by atoms with E-state index in [4.69, 9.17) is 0 Å². The van der Waals surface area contributed by atoms with Crippen LogP contribution in [-0.2, 0) is 13.0 Å². The van der Waals surface area contributed by atoms with Crippen LogP contribution in [0.3, 0.4) is 0 Å². The SMILES string of the molecule is Cc1nnc(CC2CCCNCC2)n1CC(C)O. The molecule has 1 saturated heterocycles. The van der Waals surface area contributed by atoms with E-state index in [1.54, 1.807) is 6.92 Å². The van der Waals surface area contributed by atoms with Crippen LogP contribution in [0, 0.1) is 12.8 Å². The van der Waals surface area contributed by atoms with Gasteiger partial charge < -0.3 is 15.0 Å². The van der Waals surface area contributed by atoms with Crippen molar-refractivity contribution in [2.75, 3.05) is 13.1 Å². The number of aliphatic hydroxyl groups is 1.